The van der Waals surface area contributed by atoms with Crippen LogP contribution in [0.2, 0.25) is 0 Å². The van der Waals surface area contributed by atoms with Gasteiger partial charge < -0.3 is 4.90 Å². The van der Waals surface area contributed by atoms with Gasteiger partial charge in [0.1, 0.15) is 0 Å². The number of hydrogen-bond acceptors (Lipinski definition) is 3. The van der Waals surface area contributed by atoms with Crippen LogP contribution in [0, 0.1) is 0 Å². The Morgan fingerprint density at radius 1 is 1.25 bits per heavy atom. The average molecular weight is 162 g/mol. The van der Waals surface area contributed by atoms with E-state index in [-0.39, 0.29) is 0 Å². The van der Waals surface area contributed by atoms with Crippen LogP contribution in [-0.2, 0) is 0 Å². The molecule has 0 aliphatic rings. The molecule has 2 rings (SSSR count). The summed E-state index contributed by atoms with van der Waals surface area (Å²) < 4.78 is 1.94. The molecule has 2 heterocycles. The molecule has 4 heteroatoms. The summed E-state index contributed by atoms with van der Waals surface area (Å²) in [4.78, 5) is 1.93. The molecule has 0 bridgehead atoms. The van der Waals surface area contributed by atoms with E-state index in [9.17, 15) is 0 Å². The van der Waals surface area contributed by atoms with Crippen LogP contribution in [0.1, 0.15) is 0 Å². The third-order valence-electron chi connectivity index (χ3n) is 1.70. The molecule has 0 aliphatic carbocycles. The second kappa shape index (κ2) is 2.48. The molecule has 0 aromatic carbocycles. The van der Waals surface area contributed by atoms with Gasteiger partial charge in [-0.2, -0.15) is 0 Å². The number of nitrogens with zero attached hydrogens (tertiary/aromatic N) is 4. The summed E-state index contributed by atoms with van der Waals surface area (Å²) in [5.41, 5.74) is 0.876. The summed E-state index contributed by atoms with van der Waals surface area (Å²) >= 11 is 0. The van der Waals surface area contributed by atoms with E-state index in [0.717, 1.165) is 11.6 Å². The van der Waals surface area contributed by atoms with Crippen LogP contribution in [0.4, 0.5) is 5.95 Å². The van der Waals surface area contributed by atoms with Gasteiger partial charge in [-0.3, -0.25) is 4.40 Å². The quantitative estimate of drug-likeness (QED) is 0.621. The summed E-state index contributed by atoms with van der Waals surface area (Å²) in [5.74, 6) is 0.852. The molecule has 12 heavy (non-hydrogen) atoms. The average Bonchev–Trinajstić information content (AvgIpc) is 2.47. The van der Waals surface area contributed by atoms with Crippen LogP contribution in [0.25, 0.3) is 5.65 Å². The number of pyridine rings is 1. The van der Waals surface area contributed by atoms with Crippen LogP contribution in [0.5, 0.6) is 0 Å². The number of hydrogen-bond donors (Lipinski definition) is 0. The molecular formula is C8H10N4. The molecule has 0 radical (unpaired) electrons. The number of fused-ring (bicyclic) bond motifs is 1. The standard InChI is InChI=1S/C8H10N4/c1-11(2)8-10-9-7-5-3-4-6-12(7)8/h3-6H,1-2H3. The Morgan fingerprint density at radius 3 is 2.83 bits per heavy atom. The third kappa shape index (κ3) is 0.922. The first-order valence-corrected chi connectivity index (χ1v) is 3.76. The lowest BCUT2D eigenvalue weighted by Crippen LogP contribution is -2.12. The Labute approximate surface area is 70.4 Å². The van der Waals surface area contributed by atoms with Gasteiger partial charge in [0.15, 0.2) is 5.65 Å². The lowest BCUT2D eigenvalue weighted by atomic mass is 10.5. The predicted molar refractivity (Wildman–Crippen MR) is 47.3 cm³/mol. The molecule has 0 spiro atoms. The van der Waals surface area contributed by atoms with Gasteiger partial charge in [0.25, 0.3) is 0 Å². The van der Waals surface area contributed by atoms with Crippen molar-refractivity contribution < 1.29 is 0 Å². The monoisotopic (exact) mass is 162 g/mol. The fraction of sp³-hybridized carbons (Fsp3) is 0.250. The normalized spacial score (nSPS) is 10.5. The first-order chi connectivity index (χ1) is 5.79. The fourth-order valence-corrected chi connectivity index (χ4v) is 1.13. The highest BCUT2D eigenvalue weighted by Gasteiger charge is 2.04. The Balaban J connectivity index is 2.70. The van der Waals surface area contributed by atoms with Gasteiger partial charge in [0.05, 0.1) is 0 Å². The van der Waals surface area contributed by atoms with Crippen LogP contribution >= 0.6 is 0 Å². The molecule has 62 valence electrons. The molecule has 2 aromatic rings. The first kappa shape index (κ1) is 7.09. The van der Waals surface area contributed by atoms with E-state index in [1.165, 1.54) is 0 Å². The largest absolute Gasteiger partial charge is 0.347 e. The maximum atomic E-state index is 4.03. The molecular weight excluding hydrogens is 152 g/mol. The van der Waals surface area contributed by atoms with Gasteiger partial charge in [0, 0.05) is 20.3 Å². The zero-order valence-electron chi connectivity index (χ0n) is 7.10. The van der Waals surface area contributed by atoms with Crippen molar-refractivity contribution in [3.8, 4) is 0 Å². The van der Waals surface area contributed by atoms with Gasteiger partial charge in [-0.15, -0.1) is 10.2 Å². The lowest BCUT2D eigenvalue weighted by Gasteiger charge is -2.07. The molecule has 0 fully saturated rings. The number of anilines is 1. The van der Waals surface area contributed by atoms with E-state index in [1.54, 1.807) is 0 Å². The Morgan fingerprint density at radius 2 is 2.08 bits per heavy atom. The van der Waals surface area contributed by atoms with Crippen molar-refractivity contribution in [3.05, 3.63) is 24.4 Å². The minimum atomic E-state index is 0.852. The molecule has 0 amide bonds. The molecule has 0 atom stereocenters. The fourth-order valence-electron chi connectivity index (χ4n) is 1.13. The molecule has 0 saturated carbocycles. The summed E-state index contributed by atoms with van der Waals surface area (Å²) in [6.45, 7) is 0. The van der Waals surface area contributed by atoms with Crippen LogP contribution in [-0.4, -0.2) is 28.7 Å². The Bertz CT molecular complexity index is 391. The minimum Gasteiger partial charge on any atom is -0.347 e. The zero-order chi connectivity index (χ0) is 8.55. The molecule has 2 aromatic heterocycles. The van der Waals surface area contributed by atoms with Crippen molar-refractivity contribution in [1.82, 2.24) is 14.6 Å². The van der Waals surface area contributed by atoms with Gasteiger partial charge >= 0.3 is 0 Å². The van der Waals surface area contributed by atoms with Crippen LogP contribution < -0.4 is 4.90 Å². The molecule has 0 N–H and O–H groups in total. The van der Waals surface area contributed by atoms with Gasteiger partial charge in [0.2, 0.25) is 5.95 Å². The van der Waals surface area contributed by atoms with E-state index in [4.69, 9.17) is 0 Å². The number of rotatable bonds is 1. The van der Waals surface area contributed by atoms with Crippen molar-refractivity contribution in [2.75, 3.05) is 19.0 Å². The summed E-state index contributed by atoms with van der Waals surface area (Å²) in [6.07, 6.45) is 1.95. The van der Waals surface area contributed by atoms with E-state index >= 15 is 0 Å². The predicted octanol–water partition coefficient (Wildman–Crippen LogP) is 0.795. The molecule has 0 unspecified atom stereocenters. The first-order valence-electron chi connectivity index (χ1n) is 3.76. The maximum absolute atomic E-state index is 4.03. The second-order valence-electron chi connectivity index (χ2n) is 2.82. The van der Waals surface area contributed by atoms with E-state index in [0.29, 0.717) is 0 Å². The van der Waals surface area contributed by atoms with Crippen LogP contribution in [0.15, 0.2) is 24.4 Å². The van der Waals surface area contributed by atoms with Gasteiger partial charge in [-0.05, 0) is 12.1 Å². The SMILES string of the molecule is CN(C)c1nnc2ccccn12. The summed E-state index contributed by atoms with van der Waals surface area (Å²) in [6, 6.07) is 5.84. The van der Waals surface area contributed by atoms with Gasteiger partial charge in [-0.1, -0.05) is 6.07 Å². The van der Waals surface area contributed by atoms with Gasteiger partial charge in [-0.25, -0.2) is 0 Å². The van der Waals surface area contributed by atoms with Crippen molar-refractivity contribution in [2.24, 2.45) is 0 Å². The van der Waals surface area contributed by atoms with Crippen molar-refractivity contribution >= 4 is 11.6 Å². The summed E-state index contributed by atoms with van der Waals surface area (Å²) in [5, 5.41) is 8.04. The topological polar surface area (TPSA) is 33.4 Å². The number of aromatic nitrogens is 3. The molecule has 4 nitrogen and oxygen atoms in total. The minimum absolute atomic E-state index is 0.852. The Kier molecular flexibility index (Phi) is 1.46. The van der Waals surface area contributed by atoms with Crippen molar-refractivity contribution in [3.63, 3.8) is 0 Å². The second-order valence-corrected chi connectivity index (χ2v) is 2.82. The maximum Gasteiger partial charge on any atom is 0.231 e. The zero-order valence-corrected chi connectivity index (χ0v) is 7.10. The van der Waals surface area contributed by atoms with Crippen molar-refractivity contribution in [1.29, 1.82) is 0 Å². The molecule has 0 aliphatic heterocycles. The lowest BCUT2D eigenvalue weighted by molar-refractivity contribution is 0.973. The highest BCUT2D eigenvalue weighted by molar-refractivity contribution is 5.45. The van der Waals surface area contributed by atoms with E-state index in [1.807, 2.05) is 47.8 Å². The highest BCUT2D eigenvalue weighted by atomic mass is 15.4. The summed E-state index contributed by atoms with van der Waals surface area (Å²) in [7, 11) is 3.90. The van der Waals surface area contributed by atoms with E-state index < -0.39 is 0 Å². The third-order valence-corrected chi connectivity index (χ3v) is 1.70. The smallest absolute Gasteiger partial charge is 0.231 e. The van der Waals surface area contributed by atoms with E-state index in [2.05, 4.69) is 10.2 Å². The highest BCUT2D eigenvalue weighted by Crippen LogP contribution is 2.09. The molecule has 0 saturated heterocycles. The Hall–Kier alpha value is -1.58. The van der Waals surface area contributed by atoms with Crippen molar-refractivity contribution in [2.45, 2.75) is 0 Å². The van der Waals surface area contributed by atoms with Crippen LogP contribution in [0.3, 0.4) is 0 Å².